The van der Waals surface area contributed by atoms with Gasteiger partial charge in [-0.25, -0.2) is 0 Å². The molecule has 16 aromatic rings. The quantitative estimate of drug-likeness (QED) is 0.161. The van der Waals surface area contributed by atoms with E-state index in [4.69, 9.17) is 8.83 Å². The zero-order chi connectivity index (χ0) is 48.4. The average molecular weight is 939 g/mol. The van der Waals surface area contributed by atoms with E-state index in [1.165, 1.54) is 87.2 Å². The molecule has 0 radical (unpaired) electrons. The Hall–Kier alpha value is -9.76. The number of para-hydroxylation sites is 2. The maximum atomic E-state index is 7.24. The monoisotopic (exact) mass is 938 g/mol. The molecule has 14 aromatic carbocycles. The zero-order valence-corrected chi connectivity index (χ0v) is 40.1. The summed E-state index contributed by atoms with van der Waals surface area (Å²) >= 11 is 0. The third-order valence-electron chi connectivity index (χ3n) is 15.8. The van der Waals surface area contributed by atoms with Crippen molar-refractivity contribution in [3.63, 3.8) is 0 Å². The van der Waals surface area contributed by atoms with Gasteiger partial charge < -0.3 is 8.83 Å². The second-order valence-corrected chi connectivity index (χ2v) is 19.7. The number of rotatable bonds is 5. The second kappa shape index (κ2) is 15.9. The van der Waals surface area contributed by atoms with Crippen LogP contribution in [0.4, 0.5) is 0 Å². The van der Waals surface area contributed by atoms with Crippen LogP contribution in [0.5, 0.6) is 0 Å². The van der Waals surface area contributed by atoms with Crippen LogP contribution in [-0.4, -0.2) is 0 Å². The highest BCUT2D eigenvalue weighted by Crippen LogP contribution is 2.53. The van der Waals surface area contributed by atoms with Gasteiger partial charge in [0.05, 0.1) is 0 Å². The third-order valence-corrected chi connectivity index (χ3v) is 15.8. The van der Waals surface area contributed by atoms with Crippen LogP contribution in [0.2, 0.25) is 0 Å². The van der Waals surface area contributed by atoms with Crippen LogP contribution in [0, 0.1) is 0 Å². The lowest BCUT2D eigenvalue weighted by Crippen LogP contribution is -1.93. The largest absolute Gasteiger partial charge is 0.455 e. The van der Waals surface area contributed by atoms with E-state index in [0.717, 1.165) is 76.9 Å². The smallest absolute Gasteiger partial charge is 0.143 e. The summed E-state index contributed by atoms with van der Waals surface area (Å²) in [5.41, 5.74) is 15.1. The predicted octanol–water partition coefficient (Wildman–Crippen LogP) is 20.7. The molecule has 74 heavy (non-hydrogen) atoms. The molecule has 0 aliphatic heterocycles. The summed E-state index contributed by atoms with van der Waals surface area (Å²) < 4.78 is 14.4. The van der Waals surface area contributed by atoms with Crippen LogP contribution in [0.3, 0.4) is 0 Å². The van der Waals surface area contributed by atoms with E-state index in [1.807, 2.05) is 0 Å². The van der Waals surface area contributed by atoms with Crippen molar-refractivity contribution in [2.75, 3.05) is 0 Å². The van der Waals surface area contributed by atoms with Gasteiger partial charge in [-0.3, -0.25) is 0 Å². The summed E-state index contributed by atoms with van der Waals surface area (Å²) in [6.07, 6.45) is 0. The molecule has 0 saturated heterocycles. The minimum Gasteiger partial charge on any atom is -0.455 e. The van der Waals surface area contributed by atoms with Crippen molar-refractivity contribution in [1.29, 1.82) is 0 Å². The molecule has 0 amide bonds. The number of benzene rings is 14. The Balaban J connectivity index is 1.02. The van der Waals surface area contributed by atoms with Gasteiger partial charge in [-0.1, -0.05) is 231 Å². The Bertz CT molecular complexity index is 4880. The van der Waals surface area contributed by atoms with Crippen molar-refractivity contribution in [3.8, 4) is 55.6 Å². The standard InChI is InChI=1S/C72H42O2/c1-2-20-45(21-3-1)64-50-24-6-10-28-54(50)67(55-29-11-7-25-51(55)64)60-41-47-42-61(72-70(59-33-15-17-36-63(59)74-72)66(47)69-58-32-14-16-35-62(58)73-71(60)69)68-56-30-12-8-26-52(56)65(53-27-9-13-31-57(53)68)46-39-37-44(38-40-46)49-34-18-22-43-19-4-5-23-48(43)49/h1-42H. The van der Waals surface area contributed by atoms with Crippen LogP contribution < -0.4 is 0 Å². The molecule has 0 N–H and O–H groups in total. The van der Waals surface area contributed by atoms with Gasteiger partial charge >= 0.3 is 0 Å². The molecule has 2 heteroatoms. The van der Waals surface area contributed by atoms with E-state index in [-0.39, 0.29) is 0 Å². The van der Waals surface area contributed by atoms with Gasteiger partial charge in [0.15, 0.2) is 0 Å². The second-order valence-electron chi connectivity index (χ2n) is 19.7. The van der Waals surface area contributed by atoms with Crippen LogP contribution in [0.15, 0.2) is 264 Å². The highest BCUT2D eigenvalue weighted by Gasteiger charge is 2.27. The summed E-state index contributed by atoms with van der Waals surface area (Å²) in [7, 11) is 0. The summed E-state index contributed by atoms with van der Waals surface area (Å²) in [5, 5.41) is 18.6. The zero-order valence-electron chi connectivity index (χ0n) is 40.1. The van der Waals surface area contributed by atoms with Crippen molar-refractivity contribution in [2.45, 2.75) is 0 Å². The normalized spacial score (nSPS) is 12.1. The lowest BCUT2D eigenvalue weighted by molar-refractivity contribution is 0.670. The molecule has 2 heterocycles. The van der Waals surface area contributed by atoms with Gasteiger partial charge in [-0.05, 0) is 117 Å². The van der Waals surface area contributed by atoms with Crippen molar-refractivity contribution in [3.05, 3.63) is 255 Å². The van der Waals surface area contributed by atoms with Crippen LogP contribution in [-0.2, 0) is 0 Å². The molecular formula is C72H42O2. The van der Waals surface area contributed by atoms with E-state index in [2.05, 4.69) is 255 Å². The first-order valence-electron chi connectivity index (χ1n) is 25.5. The minimum absolute atomic E-state index is 0.853. The lowest BCUT2D eigenvalue weighted by atomic mass is 9.83. The Morgan fingerprint density at radius 1 is 0.203 bits per heavy atom. The topological polar surface area (TPSA) is 26.3 Å². The van der Waals surface area contributed by atoms with Gasteiger partial charge in [0.1, 0.15) is 22.3 Å². The van der Waals surface area contributed by atoms with Gasteiger partial charge in [-0.2, -0.15) is 0 Å². The maximum absolute atomic E-state index is 7.24. The van der Waals surface area contributed by atoms with Gasteiger partial charge in [-0.15, -0.1) is 0 Å². The molecule has 0 aliphatic carbocycles. The summed E-state index contributed by atoms with van der Waals surface area (Å²) in [5.74, 6) is 0. The van der Waals surface area contributed by atoms with Crippen LogP contribution >= 0.6 is 0 Å². The van der Waals surface area contributed by atoms with Gasteiger partial charge in [0, 0.05) is 49.2 Å². The number of fused-ring (bicyclic) bond motifs is 14. The Morgan fingerprint density at radius 3 is 1.03 bits per heavy atom. The fourth-order valence-electron chi connectivity index (χ4n) is 12.7. The van der Waals surface area contributed by atoms with Gasteiger partial charge in [0.25, 0.3) is 0 Å². The number of furan rings is 2. The van der Waals surface area contributed by atoms with E-state index in [9.17, 15) is 0 Å². The summed E-state index contributed by atoms with van der Waals surface area (Å²) in [6, 6.07) is 92.9. The molecule has 0 saturated carbocycles. The molecule has 0 atom stereocenters. The fraction of sp³-hybridized carbons (Fsp3) is 0. The molecule has 2 nitrogen and oxygen atoms in total. The molecule has 0 spiro atoms. The first-order chi connectivity index (χ1) is 36.7. The van der Waals surface area contributed by atoms with Crippen molar-refractivity contribution >= 4 is 109 Å². The average Bonchev–Trinajstić information content (AvgIpc) is 4.06. The third kappa shape index (κ3) is 5.88. The molecule has 16 rings (SSSR count). The molecule has 342 valence electrons. The lowest BCUT2D eigenvalue weighted by Gasteiger charge is -2.20. The first-order valence-corrected chi connectivity index (χ1v) is 25.5. The SMILES string of the molecule is c1ccc(-c2c3ccccc3c(-c3cc4cc(-c5c6ccccc6c(-c6ccc(-c7cccc8ccccc78)cc6)c6ccccc56)c5oc6ccccc6c5c4c4c3oc3ccccc34)c3ccccc23)cc1. The Labute approximate surface area is 425 Å². The van der Waals surface area contributed by atoms with Crippen molar-refractivity contribution < 1.29 is 8.83 Å². The minimum atomic E-state index is 0.853. The van der Waals surface area contributed by atoms with E-state index in [0.29, 0.717) is 0 Å². The molecule has 0 fully saturated rings. The molecular weight excluding hydrogens is 897 g/mol. The highest BCUT2D eigenvalue weighted by atomic mass is 16.3. The molecule has 0 aliphatic rings. The van der Waals surface area contributed by atoms with Crippen LogP contribution in [0.1, 0.15) is 0 Å². The molecule has 2 aromatic heterocycles. The number of hydrogen-bond acceptors (Lipinski definition) is 2. The molecule has 0 bridgehead atoms. The Kier molecular flexibility index (Phi) is 8.78. The predicted molar refractivity (Wildman–Crippen MR) is 313 cm³/mol. The fourth-order valence-corrected chi connectivity index (χ4v) is 12.7. The van der Waals surface area contributed by atoms with E-state index in [1.54, 1.807) is 0 Å². The summed E-state index contributed by atoms with van der Waals surface area (Å²) in [4.78, 5) is 0. The van der Waals surface area contributed by atoms with Crippen LogP contribution in [0.25, 0.3) is 164 Å². The maximum Gasteiger partial charge on any atom is 0.143 e. The van der Waals surface area contributed by atoms with Crippen molar-refractivity contribution in [2.24, 2.45) is 0 Å². The van der Waals surface area contributed by atoms with Crippen molar-refractivity contribution in [1.82, 2.24) is 0 Å². The highest BCUT2D eigenvalue weighted by molar-refractivity contribution is 6.37. The first kappa shape index (κ1) is 40.9. The Morgan fingerprint density at radius 2 is 0.554 bits per heavy atom. The van der Waals surface area contributed by atoms with E-state index >= 15 is 0 Å². The van der Waals surface area contributed by atoms with E-state index < -0.39 is 0 Å². The van der Waals surface area contributed by atoms with Gasteiger partial charge in [0.2, 0.25) is 0 Å². The number of hydrogen-bond donors (Lipinski definition) is 0. The summed E-state index contributed by atoms with van der Waals surface area (Å²) in [6.45, 7) is 0. The molecule has 0 unspecified atom stereocenters.